The Labute approximate surface area is 202 Å². The van der Waals surface area contributed by atoms with Crippen LogP contribution in [-0.2, 0) is 4.79 Å². The molecule has 1 N–H and O–H groups in total. The normalized spacial score (nSPS) is 10.9. The molecule has 3 aromatic heterocycles. The number of rotatable bonds is 6. The number of nitrogens with zero attached hydrogens (tertiary/aromatic N) is 5. The van der Waals surface area contributed by atoms with Crippen LogP contribution in [0.4, 0.5) is 5.69 Å². The number of carbonyl (C=O) groups is 1. The predicted molar refractivity (Wildman–Crippen MR) is 134 cm³/mol. The van der Waals surface area contributed by atoms with Gasteiger partial charge in [0.15, 0.2) is 18.1 Å². The van der Waals surface area contributed by atoms with Gasteiger partial charge in [0.1, 0.15) is 5.75 Å². The molecule has 5 aromatic rings. The Hall–Kier alpha value is -4.59. The van der Waals surface area contributed by atoms with Crippen molar-refractivity contribution in [2.75, 3.05) is 11.9 Å². The molecule has 0 spiro atoms. The van der Waals surface area contributed by atoms with Crippen molar-refractivity contribution in [1.82, 2.24) is 24.8 Å². The first-order valence-electron chi connectivity index (χ1n) is 11.2. The molecule has 0 radical (unpaired) electrons. The molecule has 3 heterocycles. The first kappa shape index (κ1) is 22.2. The molecule has 35 heavy (non-hydrogen) atoms. The topological polar surface area (TPSA) is 94.3 Å². The molecule has 0 fully saturated rings. The summed E-state index contributed by atoms with van der Waals surface area (Å²) in [5, 5.41) is 16.1. The van der Waals surface area contributed by atoms with Crippen LogP contribution >= 0.6 is 0 Å². The summed E-state index contributed by atoms with van der Waals surface area (Å²) in [7, 11) is 0. The molecule has 0 aliphatic carbocycles. The Kier molecular flexibility index (Phi) is 5.93. The van der Waals surface area contributed by atoms with E-state index in [4.69, 9.17) is 9.84 Å². The van der Waals surface area contributed by atoms with E-state index in [1.54, 1.807) is 16.9 Å². The summed E-state index contributed by atoms with van der Waals surface area (Å²) in [6, 6.07) is 19.1. The van der Waals surface area contributed by atoms with E-state index in [-0.39, 0.29) is 12.5 Å². The molecule has 0 aliphatic heterocycles. The lowest BCUT2D eigenvalue weighted by atomic mass is 10.1. The van der Waals surface area contributed by atoms with Crippen molar-refractivity contribution in [3.8, 4) is 28.4 Å². The Morgan fingerprint density at radius 2 is 1.83 bits per heavy atom. The van der Waals surface area contributed by atoms with E-state index in [1.807, 2.05) is 75.4 Å². The monoisotopic (exact) mass is 464 g/mol. The summed E-state index contributed by atoms with van der Waals surface area (Å²) < 4.78 is 7.49. The van der Waals surface area contributed by atoms with Crippen molar-refractivity contribution < 1.29 is 9.53 Å². The maximum absolute atomic E-state index is 12.6. The molecule has 5 rings (SSSR count). The number of benzene rings is 2. The second kappa shape index (κ2) is 9.34. The molecular weight excluding hydrogens is 440 g/mol. The highest BCUT2D eigenvalue weighted by Crippen LogP contribution is 2.25. The smallest absolute Gasteiger partial charge is 0.262 e. The van der Waals surface area contributed by atoms with Crippen molar-refractivity contribution >= 4 is 17.2 Å². The maximum Gasteiger partial charge on any atom is 0.262 e. The molecule has 174 valence electrons. The molecule has 0 atom stereocenters. The largest absolute Gasteiger partial charge is 0.483 e. The molecular formula is C27H24N6O2. The molecule has 2 aromatic carbocycles. The van der Waals surface area contributed by atoms with Gasteiger partial charge in [-0.15, -0.1) is 10.2 Å². The van der Waals surface area contributed by atoms with Gasteiger partial charge in [-0.25, -0.2) is 0 Å². The standard InChI is InChI=1S/C27H24N6O2/c1-17-12-18(2)19(3)24(13-17)35-16-26(34)29-22-8-4-6-20(14-22)23-9-10-25-30-31-27(33(25)32-23)21-7-5-11-28-15-21/h4-15H,16H2,1-3H3,(H,29,34). The fourth-order valence-electron chi connectivity index (χ4n) is 3.87. The van der Waals surface area contributed by atoms with Gasteiger partial charge in [0.05, 0.1) is 5.69 Å². The second-order valence-corrected chi connectivity index (χ2v) is 8.38. The molecule has 0 saturated carbocycles. The highest BCUT2D eigenvalue weighted by atomic mass is 16.5. The summed E-state index contributed by atoms with van der Waals surface area (Å²) in [6.07, 6.45) is 3.43. The Bertz CT molecular complexity index is 1530. The van der Waals surface area contributed by atoms with Crippen molar-refractivity contribution in [1.29, 1.82) is 0 Å². The molecule has 1 amide bonds. The van der Waals surface area contributed by atoms with Gasteiger partial charge in [0.2, 0.25) is 0 Å². The van der Waals surface area contributed by atoms with E-state index in [0.717, 1.165) is 39.3 Å². The molecule has 8 heteroatoms. The van der Waals surface area contributed by atoms with Crippen LogP contribution in [0.1, 0.15) is 16.7 Å². The minimum absolute atomic E-state index is 0.0760. The lowest BCUT2D eigenvalue weighted by Gasteiger charge is -2.13. The molecule has 0 aliphatic rings. The summed E-state index contributed by atoms with van der Waals surface area (Å²) in [6.45, 7) is 5.96. The summed E-state index contributed by atoms with van der Waals surface area (Å²) >= 11 is 0. The average molecular weight is 465 g/mol. The van der Waals surface area contributed by atoms with Crippen LogP contribution in [-0.4, -0.2) is 37.3 Å². The number of anilines is 1. The van der Waals surface area contributed by atoms with E-state index >= 15 is 0 Å². The zero-order chi connectivity index (χ0) is 24.4. The number of nitrogens with one attached hydrogen (secondary N) is 1. The highest BCUT2D eigenvalue weighted by Gasteiger charge is 2.12. The van der Waals surface area contributed by atoms with Gasteiger partial charge in [-0.1, -0.05) is 18.2 Å². The predicted octanol–water partition coefficient (Wildman–Crippen LogP) is 4.80. The number of hydrogen-bond acceptors (Lipinski definition) is 6. The zero-order valence-corrected chi connectivity index (χ0v) is 19.7. The van der Waals surface area contributed by atoms with E-state index in [2.05, 4.69) is 26.6 Å². The maximum atomic E-state index is 12.6. The van der Waals surface area contributed by atoms with Gasteiger partial charge >= 0.3 is 0 Å². The first-order valence-corrected chi connectivity index (χ1v) is 11.2. The fraction of sp³-hybridized carbons (Fsp3) is 0.148. The summed E-state index contributed by atoms with van der Waals surface area (Å²) in [5.41, 5.74) is 6.96. The van der Waals surface area contributed by atoms with Crippen molar-refractivity contribution in [2.45, 2.75) is 20.8 Å². The van der Waals surface area contributed by atoms with E-state index in [1.165, 1.54) is 0 Å². The average Bonchev–Trinajstić information content (AvgIpc) is 3.29. The number of pyridine rings is 1. The lowest BCUT2D eigenvalue weighted by Crippen LogP contribution is -2.20. The number of hydrogen-bond donors (Lipinski definition) is 1. The van der Waals surface area contributed by atoms with Crippen molar-refractivity contribution in [2.24, 2.45) is 0 Å². The van der Waals surface area contributed by atoms with Crippen LogP contribution in [0.25, 0.3) is 28.3 Å². The molecule has 0 bridgehead atoms. The number of carbonyl (C=O) groups excluding carboxylic acids is 1. The number of ether oxygens (including phenoxy) is 1. The number of fused-ring (bicyclic) bond motifs is 1. The van der Waals surface area contributed by atoms with Crippen LogP contribution in [0, 0.1) is 20.8 Å². The van der Waals surface area contributed by atoms with Crippen molar-refractivity contribution in [3.05, 3.63) is 89.7 Å². The number of amides is 1. The quantitative estimate of drug-likeness (QED) is 0.388. The first-order chi connectivity index (χ1) is 17.0. The van der Waals surface area contributed by atoms with Crippen LogP contribution in [0.15, 0.2) is 73.1 Å². The minimum Gasteiger partial charge on any atom is -0.483 e. The third-order valence-electron chi connectivity index (χ3n) is 5.75. The summed E-state index contributed by atoms with van der Waals surface area (Å²) in [5.74, 6) is 1.10. The Balaban J connectivity index is 1.34. The van der Waals surface area contributed by atoms with Gasteiger partial charge in [-0.05, 0) is 79.9 Å². The zero-order valence-electron chi connectivity index (χ0n) is 19.7. The highest BCUT2D eigenvalue weighted by molar-refractivity contribution is 5.92. The molecule has 8 nitrogen and oxygen atoms in total. The van der Waals surface area contributed by atoms with Gasteiger partial charge in [-0.2, -0.15) is 9.61 Å². The third-order valence-corrected chi connectivity index (χ3v) is 5.75. The minimum atomic E-state index is -0.234. The number of aromatic nitrogens is 5. The lowest BCUT2D eigenvalue weighted by molar-refractivity contribution is -0.118. The fourth-order valence-corrected chi connectivity index (χ4v) is 3.87. The SMILES string of the molecule is Cc1cc(C)c(C)c(OCC(=O)Nc2cccc(-c3ccc4nnc(-c5cccnc5)n4n3)c2)c1. The van der Waals surface area contributed by atoms with Crippen LogP contribution in [0.3, 0.4) is 0 Å². The Morgan fingerprint density at radius 3 is 2.66 bits per heavy atom. The number of aryl methyl sites for hydroxylation is 2. The van der Waals surface area contributed by atoms with Crippen LogP contribution in [0.2, 0.25) is 0 Å². The van der Waals surface area contributed by atoms with E-state index in [0.29, 0.717) is 17.2 Å². The molecule has 0 unspecified atom stereocenters. The van der Waals surface area contributed by atoms with E-state index < -0.39 is 0 Å². The van der Waals surface area contributed by atoms with E-state index in [9.17, 15) is 4.79 Å². The second-order valence-electron chi connectivity index (χ2n) is 8.38. The Morgan fingerprint density at radius 1 is 0.971 bits per heavy atom. The summed E-state index contributed by atoms with van der Waals surface area (Å²) in [4.78, 5) is 16.7. The van der Waals surface area contributed by atoms with Gasteiger partial charge in [0.25, 0.3) is 5.91 Å². The van der Waals surface area contributed by atoms with Gasteiger partial charge < -0.3 is 10.1 Å². The van der Waals surface area contributed by atoms with Gasteiger partial charge in [-0.3, -0.25) is 9.78 Å². The third kappa shape index (κ3) is 4.72. The van der Waals surface area contributed by atoms with Crippen LogP contribution < -0.4 is 10.1 Å². The van der Waals surface area contributed by atoms with Crippen molar-refractivity contribution in [3.63, 3.8) is 0 Å². The van der Waals surface area contributed by atoms with Gasteiger partial charge in [0, 0.05) is 29.2 Å². The molecule has 0 saturated heterocycles. The van der Waals surface area contributed by atoms with Crippen LogP contribution in [0.5, 0.6) is 5.75 Å².